The van der Waals surface area contributed by atoms with Gasteiger partial charge in [0.05, 0.1) is 36.8 Å². The van der Waals surface area contributed by atoms with Crippen molar-refractivity contribution in [3.8, 4) is 22.0 Å². The molecule has 0 bridgehead atoms. The van der Waals surface area contributed by atoms with Crippen LogP contribution in [-0.4, -0.2) is 19.9 Å². The summed E-state index contributed by atoms with van der Waals surface area (Å²) in [6, 6.07) is 12.4. The van der Waals surface area contributed by atoms with E-state index in [0.717, 1.165) is 43.6 Å². The van der Waals surface area contributed by atoms with Gasteiger partial charge in [-0.15, -0.1) is 22.7 Å². The third-order valence-corrected chi connectivity index (χ3v) is 6.19. The van der Waals surface area contributed by atoms with Gasteiger partial charge in [-0.1, -0.05) is 6.07 Å². The molecule has 0 saturated heterocycles. The number of hydrogen-bond donors (Lipinski definition) is 0. The van der Waals surface area contributed by atoms with Gasteiger partial charge >= 0.3 is 0 Å². The third kappa shape index (κ3) is 2.67. The Labute approximate surface area is 158 Å². The zero-order chi connectivity index (χ0) is 17.7. The number of nitrogens with zero attached hydrogens (tertiary/aromatic N) is 4. The van der Waals surface area contributed by atoms with Crippen molar-refractivity contribution in [3.63, 3.8) is 0 Å². The quantitative estimate of drug-likeness (QED) is 0.401. The molecule has 6 heteroatoms. The molecule has 5 aromatic rings. The van der Waals surface area contributed by atoms with Crippen LogP contribution in [0.5, 0.6) is 0 Å². The van der Waals surface area contributed by atoms with Crippen LogP contribution < -0.4 is 0 Å². The molecule has 4 nitrogen and oxygen atoms in total. The van der Waals surface area contributed by atoms with Crippen molar-refractivity contribution in [2.24, 2.45) is 0 Å². The minimum absolute atomic E-state index is 0.870. The summed E-state index contributed by atoms with van der Waals surface area (Å²) in [4.78, 5) is 18.4. The Bertz CT molecular complexity index is 1180. The monoisotopic (exact) mass is 374 g/mol. The van der Waals surface area contributed by atoms with E-state index in [4.69, 9.17) is 4.98 Å². The highest BCUT2D eigenvalue weighted by Crippen LogP contribution is 2.34. The smallest absolute Gasteiger partial charge is 0.126 e. The minimum Gasteiger partial charge on any atom is -0.254 e. The Hall–Kier alpha value is -2.70. The summed E-state index contributed by atoms with van der Waals surface area (Å²) in [6.45, 7) is 4.06. The molecule has 0 atom stereocenters. The highest BCUT2D eigenvalue weighted by molar-refractivity contribution is 7.22. The first-order chi connectivity index (χ1) is 12.7. The van der Waals surface area contributed by atoms with E-state index in [9.17, 15) is 0 Å². The molecule has 0 aliphatic carbocycles. The van der Waals surface area contributed by atoms with Crippen LogP contribution in [-0.2, 0) is 0 Å². The number of benzene rings is 1. The number of hydrogen-bond acceptors (Lipinski definition) is 6. The Morgan fingerprint density at radius 1 is 0.731 bits per heavy atom. The van der Waals surface area contributed by atoms with Crippen LogP contribution in [0, 0.1) is 13.8 Å². The number of pyridine rings is 2. The molecule has 126 valence electrons. The SMILES string of the molecule is Cc1ccc(-c2ccc(-c3nc4cc5nc(C)sc5cc4s3)cn2)nc1. The van der Waals surface area contributed by atoms with E-state index in [1.54, 1.807) is 22.7 Å². The summed E-state index contributed by atoms with van der Waals surface area (Å²) >= 11 is 3.41. The molecule has 0 radical (unpaired) electrons. The van der Waals surface area contributed by atoms with Gasteiger partial charge < -0.3 is 0 Å². The van der Waals surface area contributed by atoms with Crippen LogP contribution in [0.4, 0.5) is 0 Å². The van der Waals surface area contributed by atoms with Crippen LogP contribution in [0.15, 0.2) is 48.8 Å². The maximum absolute atomic E-state index is 4.78. The molecule has 5 rings (SSSR count). The molecule has 0 saturated carbocycles. The molecule has 0 aliphatic rings. The van der Waals surface area contributed by atoms with Crippen molar-refractivity contribution >= 4 is 43.1 Å². The van der Waals surface area contributed by atoms with Crippen molar-refractivity contribution < 1.29 is 0 Å². The predicted molar refractivity (Wildman–Crippen MR) is 109 cm³/mol. The maximum Gasteiger partial charge on any atom is 0.126 e. The normalized spacial score (nSPS) is 11.5. The zero-order valence-corrected chi connectivity index (χ0v) is 15.9. The topological polar surface area (TPSA) is 51.6 Å². The average Bonchev–Trinajstić information content (AvgIpc) is 3.21. The standard InChI is InChI=1S/C20H14N4S2/c1-11-3-5-14(21-9-11)15-6-4-13(10-22-15)20-24-17-7-16-18(8-19(17)26-20)25-12(2)23-16/h3-10H,1-2H3. The van der Waals surface area contributed by atoms with Crippen molar-refractivity contribution in [3.05, 3.63) is 59.4 Å². The molecule has 1 aromatic carbocycles. The van der Waals surface area contributed by atoms with Crippen LogP contribution in [0.1, 0.15) is 10.6 Å². The zero-order valence-electron chi connectivity index (χ0n) is 14.2. The van der Waals surface area contributed by atoms with Crippen molar-refractivity contribution in [1.82, 2.24) is 19.9 Å². The van der Waals surface area contributed by atoms with Crippen LogP contribution in [0.25, 0.3) is 42.4 Å². The number of fused-ring (bicyclic) bond motifs is 2. The average molecular weight is 374 g/mol. The van der Waals surface area contributed by atoms with E-state index in [1.165, 1.54) is 9.40 Å². The fourth-order valence-corrected chi connectivity index (χ4v) is 4.78. The van der Waals surface area contributed by atoms with Crippen LogP contribution in [0.2, 0.25) is 0 Å². The summed E-state index contributed by atoms with van der Waals surface area (Å²) in [5.74, 6) is 0. The van der Waals surface area contributed by atoms with E-state index >= 15 is 0 Å². The maximum atomic E-state index is 4.78. The van der Waals surface area contributed by atoms with Crippen molar-refractivity contribution in [2.45, 2.75) is 13.8 Å². The van der Waals surface area contributed by atoms with Gasteiger partial charge in [0.2, 0.25) is 0 Å². The number of thiazole rings is 2. The predicted octanol–water partition coefficient (Wildman–Crippen LogP) is 5.65. The first-order valence-electron chi connectivity index (χ1n) is 8.23. The van der Waals surface area contributed by atoms with Gasteiger partial charge in [-0.05, 0) is 49.7 Å². The van der Waals surface area contributed by atoms with Crippen LogP contribution >= 0.6 is 22.7 Å². The van der Waals surface area contributed by atoms with Gasteiger partial charge in [0.1, 0.15) is 5.01 Å². The molecular formula is C20H14N4S2. The molecule has 0 spiro atoms. The summed E-state index contributed by atoms with van der Waals surface area (Å²) < 4.78 is 2.39. The second kappa shape index (κ2) is 5.93. The van der Waals surface area contributed by atoms with Crippen LogP contribution in [0.3, 0.4) is 0 Å². The van der Waals surface area contributed by atoms with E-state index in [0.29, 0.717) is 0 Å². The molecule has 0 unspecified atom stereocenters. The fourth-order valence-electron chi connectivity index (χ4n) is 2.88. The second-order valence-corrected chi connectivity index (χ2v) is 8.46. The summed E-state index contributed by atoms with van der Waals surface area (Å²) in [6.07, 6.45) is 3.74. The Balaban J connectivity index is 1.53. The molecule has 4 heterocycles. The van der Waals surface area contributed by atoms with E-state index < -0.39 is 0 Å². The number of rotatable bonds is 2. The van der Waals surface area contributed by atoms with Crippen molar-refractivity contribution in [1.29, 1.82) is 0 Å². The lowest BCUT2D eigenvalue weighted by atomic mass is 10.2. The Kier molecular flexibility index (Phi) is 3.55. The molecule has 4 aromatic heterocycles. The molecule has 0 fully saturated rings. The van der Waals surface area contributed by atoms with E-state index in [-0.39, 0.29) is 0 Å². The van der Waals surface area contributed by atoms with Gasteiger partial charge in [0, 0.05) is 18.0 Å². The molecule has 0 amide bonds. The highest BCUT2D eigenvalue weighted by Gasteiger charge is 2.10. The van der Waals surface area contributed by atoms with E-state index in [1.807, 2.05) is 44.4 Å². The summed E-state index contributed by atoms with van der Waals surface area (Å²) in [5.41, 5.74) is 5.94. The lowest BCUT2D eigenvalue weighted by Gasteiger charge is -2.01. The van der Waals surface area contributed by atoms with Gasteiger partial charge in [0.15, 0.2) is 0 Å². The summed E-state index contributed by atoms with van der Waals surface area (Å²) in [7, 11) is 0. The summed E-state index contributed by atoms with van der Waals surface area (Å²) in [5, 5.41) is 2.06. The molecular weight excluding hydrogens is 360 g/mol. The van der Waals surface area contributed by atoms with Gasteiger partial charge in [-0.3, -0.25) is 9.97 Å². The van der Waals surface area contributed by atoms with Gasteiger partial charge in [-0.25, -0.2) is 9.97 Å². The molecule has 0 aliphatic heterocycles. The lowest BCUT2D eigenvalue weighted by Crippen LogP contribution is -1.88. The highest BCUT2D eigenvalue weighted by atomic mass is 32.1. The van der Waals surface area contributed by atoms with Gasteiger partial charge in [-0.2, -0.15) is 0 Å². The van der Waals surface area contributed by atoms with Gasteiger partial charge in [0.25, 0.3) is 0 Å². The largest absolute Gasteiger partial charge is 0.254 e. The number of aromatic nitrogens is 4. The number of aryl methyl sites for hydroxylation is 2. The fraction of sp³-hybridized carbons (Fsp3) is 0.100. The molecule has 26 heavy (non-hydrogen) atoms. The van der Waals surface area contributed by atoms with Crippen molar-refractivity contribution in [2.75, 3.05) is 0 Å². The molecule has 0 N–H and O–H groups in total. The first-order valence-corrected chi connectivity index (χ1v) is 9.86. The second-order valence-electron chi connectivity index (χ2n) is 6.19. The third-order valence-electron chi connectivity index (χ3n) is 4.19. The lowest BCUT2D eigenvalue weighted by molar-refractivity contribution is 1.22. The first kappa shape index (κ1) is 15.5. The Morgan fingerprint density at radius 2 is 1.46 bits per heavy atom. The van der Waals surface area contributed by atoms with E-state index in [2.05, 4.69) is 33.2 Å². The Morgan fingerprint density at radius 3 is 2.19 bits per heavy atom. The minimum atomic E-state index is 0.870.